The maximum Gasteiger partial charge on any atom is 3.00 e. The molecule has 0 fully saturated rings. The third-order valence-electron chi connectivity index (χ3n) is 11.5. The van der Waals surface area contributed by atoms with Gasteiger partial charge in [0.15, 0.2) is 0 Å². The number of para-hydroxylation sites is 1. The summed E-state index contributed by atoms with van der Waals surface area (Å²) < 4.78 is 6.16. The minimum atomic E-state index is 0. The zero-order valence-electron chi connectivity index (χ0n) is 34.6. The molecular formula is C57H42IrN3O. The van der Waals surface area contributed by atoms with Crippen LogP contribution in [0, 0.1) is 32.0 Å². The number of fused-ring (bicyclic) bond motifs is 3. The van der Waals surface area contributed by atoms with Crippen LogP contribution in [-0.2, 0) is 45.8 Å². The quantitative estimate of drug-likeness (QED) is 0.121. The fraction of sp³-hybridized carbons (Fsp3) is 0.105. The molecule has 0 unspecified atom stereocenters. The number of furan rings is 1. The number of nitrogens with zero attached hydrogens (tertiary/aromatic N) is 3. The van der Waals surface area contributed by atoms with Gasteiger partial charge in [0.05, 0.1) is 0 Å². The van der Waals surface area contributed by atoms with Crippen molar-refractivity contribution in [3.8, 4) is 56.0 Å². The Morgan fingerprint density at radius 3 is 1.53 bits per heavy atom. The number of aromatic nitrogens is 3. The summed E-state index contributed by atoms with van der Waals surface area (Å²) in [5.74, 6) is 0. The number of hydrogen-bond donors (Lipinski definition) is 0. The van der Waals surface area contributed by atoms with E-state index in [0.717, 1.165) is 87.0 Å². The summed E-state index contributed by atoms with van der Waals surface area (Å²) in [6.45, 7) is 4.19. The molecule has 0 aliphatic heterocycles. The Hall–Kier alpha value is -6.78. The smallest absolute Gasteiger partial charge is 0.457 e. The number of aryl methyl sites for hydroxylation is 6. The molecule has 0 aliphatic carbocycles. The SMILES string of the molecule is Cc1ccnc(-c2[c-]cc(CCc3cc(CCc4c[c-]c(-c5cc(C)ccn5)cc4)cc(-c4ccccc4-c4c[c-]c(-c5cc6oc7ccccc7c6cn5)cc4)c3)cc2)c1.[Ir+3]. The van der Waals surface area contributed by atoms with Gasteiger partial charge in [-0.2, -0.15) is 0 Å². The van der Waals surface area contributed by atoms with E-state index >= 15 is 0 Å². The largest absolute Gasteiger partial charge is 3.00 e. The van der Waals surface area contributed by atoms with Gasteiger partial charge in [-0.05, 0) is 90.3 Å². The van der Waals surface area contributed by atoms with Gasteiger partial charge < -0.3 is 19.4 Å². The van der Waals surface area contributed by atoms with Crippen molar-refractivity contribution in [1.82, 2.24) is 15.0 Å². The summed E-state index contributed by atoms with van der Waals surface area (Å²) in [4.78, 5) is 13.9. The average Bonchev–Trinajstić information content (AvgIpc) is 3.69. The third kappa shape index (κ3) is 8.83. The Labute approximate surface area is 376 Å². The van der Waals surface area contributed by atoms with Crippen molar-refractivity contribution in [2.24, 2.45) is 0 Å². The van der Waals surface area contributed by atoms with Crippen molar-refractivity contribution in [2.75, 3.05) is 0 Å². The minimum Gasteiger partial charge on any atom is -0.457 e. The summed E-state index contributed by atoms with van der Waals surface area (Å²) in [7, 11) is 0. The van der Waals surface area contributed by atoms with Crippen LogP contribution >= 0.6 is 0 Å². The van der Waals surface area contributed by atoms with Crippen LogP contribution < -0.4 is 0 Å². The molecule has 10 aromatic rings. The van der Waals surface area contributed by atoms with Gasteiger partial charge in [0, 0.05) is 29.4 Å². The van der Waals surface area contributed by atoms with Crippen molar-refractivity contribution < 1.29 is 24.5 Å². The fourth-order valence-electron chi connectivity index (χ4n) is 8.20. The van der Waals surface area contributed by atoms with E-state index in [9.17, 15) is 0 Å². The van der Waals surface area contributed by atoms with E-state index in [1.165, 1.54) is 50.1 Å². The Morgan fingerprint density at radius 1 is 0.435 bits per heavy atom. The minimum absolute atomic E-state index is 0. The Balaban J connectivity index is 0.00000490. The standard InChI is InChI=1S/C57H42N3O.Ir/c1-38-27-29-58-53(31-38)45-19-15-40(16-20-45)11-13-42-33-43(14-12-41-17-21-46(22-18-41)54-32-39(2)28-30-59-54)35-48(34-42)50-8-4-3-7-49(50)44-23-25-47(26-24-44)55-36-57-52(37-60-55)51-9-5-6-10-56(51)61-57;/h3-10,15-19,21,23-25,27-37H,11-14H2,1-2H3;/q-3;+3. The molecule has 0 amide bonds. The molecule has 4 heterocycles. The molecule has 4 nitrogen and oxygen atoms in total. The molecule has 6 aromatic carbocycles. The van der Waals surface area contributed by atoms with E-state index in [1.54, 1.807) is 0 Å². The van der Waals surface area contributed by atoms with Crippen LogP contribution in [0.2, 0.25) is 0 Å². The molecule has 300 valence electrons. The Morgan fingerprint density at radius 2 is 0.968 bits per heavy atom. The van der Waals surface area contributed by atoms with Crippen LogP contribution in [0.1, 0.15) is 33.4 Å². The van der Waals surface area contributed by atoms with Gasteiger partial charge in [-0.1, -0.05) is 108 Å². The number of benzene rings is 6. The van der Waals surface area contributed by atoms with Gasteiger partial charge >= 0.3 is 20.1 Å². The summed E-state index contributed by atoms with van der Waals surface area (Å²) in [5, 5.41) is 2.10. The van der Waals surface area contributed by atoms with Crippen molar-refractivity contribution >= 4 is 21.9 Å². The molecule has 0 aliphatic rings. The topological polar surface area (TPSA) is 51.8 Å². The zero-order valence-corrected chi connectivity index (χ0v) is 37.0. The first-order chi connectivity index (χ1) is 30.0. The van der Waals surface area contributed by atoms with Crippen molar-refractivity contribution in [3.05, 3.63) is 222 Å². The van der Waals surface area contributed by atoms with Crippen molar-refractivity contribution in [1.29, 1.82) is 0 Å². The molecule has 0 N–H and O–H groups in total. The van der Waals surface area contributed by atoms with Gasteiger partial charge in [-0.15, -0.1) is 101 Å². The van der Waals surface area contributed by atoms with Crippen LogP contribution in [-0.4, -0.2) is 15.0 Å². The monoisotopic (exact) mass is 977 g/mol. The van der Waals surface area contributed by atoms with Gasteiger partial charge in [0.25, 0.3) is 0 Å². The predicted octanol–water partition coefficient (Wildman–Crippen LogP) is 13.7. The second kappa shape index (κ2) is 18.1. The van der Waals surface area contributed by atoms with Gasteiger partial charge in [-0.3, -0.25) is 0 Å². The molecular weight excluding hydrogens is 935 g/mol. The van der Waals surface area contributed by atoms with Gasteiger partial charge in [0.1, 0.15) is 11.2 Å². The van der Waals surface area contributed by atoms with Crippen LogP contribution in [0.5, 0.6) is 0 Å². The molecule has 0 bridgehead atoms. The van der Waals surface area contributed by atoms with E-state index in [2.05, 4.69) is 157 Å². The molecule has 0 atom stereocenters. The molecule has 62 heavy (non-hydrogen) atoms. The molecule has 0 saturated heterocycles. The average molecular weight is 977 g/mol. The van der Waals surface area contributed by atoms with Gasteiger partial charge in [0.2, 0.25) is 0 Å². The third-order valence-corrected chi connectivity index (χ3v) is 11.5. The van der Waals surface area contributed by atoms with E-state index < -0.39 is 0 Å². The maximum absolute atomic E-state index is 6.16. The van der Waals surface area contributed by atoms with E-state index in [0.29, 0.717) is 0 Å². The Bertz CT molecular complexity index is 3040. The number of hydrogen-bond acceptors (Lipinski definition) is 4. The summed E-state index contributed by atoms with van der Waals surface area (Å²) >= 11 is 0. The first kappa shape index (κ1) is 40.6. The summed E-state index contributed by atoms with van der Waals surface area (Å²) in [6, 6.07) is 64.1. The van der Waals surface area contributed by atoms with E-state index in [4.69, 9.17) is 9.40 Å². The Kier molecular flexibility index (Phi) is 11.8. The zero-order chi connectivity index (χ0) is 41.1. The molecule has 0 spiro atoms. The van der Waals surface area contributed by atoms with E-state index in [-0.39, 0.29) is 20.1 Å². The predicted molar refractivity (Wildman–Crippen MR) is 248 cm³/mol. The summed E-state index contributed by atoms with van der Waals surface area (Å²) in [5.41, 5.74) is 19.6. The second-order valence-electron chi connectivity index (χ2n) is 15.9. The van der Waals surface area contributed by atoms with Crippen LogP contribution in [0.3, 0.4) is 0 Å². The maximum atomic E-state index is 6.16. The molecule has 0 saturated carbocycles. The normalized spacial score (nSPS) is 11.2. The van der Waals surface area contributed by atoms with Crippen molar-refractivity contribution in [3.63, 3.8) is 0 Å². The second-order valence-corrected chi connectivity index (χ2v) is 15.9. The van der Waals surface area contributed by atoms with Crippen LogP contribution in [0.4, 0.5) is 0 Å². The van der Waals surface area contributed by atoms with Gasteiger partial charge in [-0.25, -0.2) is 0 Å². The first-order valence-electron chi connectivity index (χ1n) is 20.9. The number of pyridine rings is 3. The van der Waals surface area contributed by atoms with Crippen molar-refractivity contribution in [2.45, 2.75) is 39.5 Å². The molecule has 10 rings (SSSR count). The number of rotatable bonds is 11. The summed E-state index contributed by atoms with van der Waals surface area (Å²) in [6.07, 6.45) is 9.28. The van der Waals surface area contributed by atoms with Crippen LogP contribution in [0.25, 0.3) is 78.0 Å². The van der Waals surface area contributed by atoms with Crippen LogP contribution in [0.15, 0.2) is 175 Å². The molecule has 0 radical (unpaired) electrons. The molecule has 4 aromatic heterocycles. The molecule has 5 heteroatoms. The first-order valence-corrected chi connectivity index (χ1v) is 20.9. The fourth-order valence-corrected chi connectivity index (χ4v) is 8.20. The van der Waals surface area contributed by atoms with E-state index in [1.807, 2.05) is 55.0 Å².